The zero-order chi connectivity index (χ0) is 16.2. The predicted octanol–water partition coefficient (Wildman–Crippen LogP) is 2.41. The van der Waals surface area contributed by atoms with E-state index < -0.39 is 0 Å². The summed E-state index contributed by atoms with van der Waals surface area (Å²) in [5.74, 6) is 0.298. The molecule has 0 radical (unpaired) electrons. The monoisotopic (exact) mass is 309 g/mol. The summed E-state index contributed by atoms with van der Waals surface area (Å²) in [6.07, 6.45) is 3.66. The largest absolute Gasteiger partial charge is 0.377 e. The molecule has 6 nitrogen and oxygen atoms in total. The minimum atomic E-state index is -0.102. The highest BCUT2D eigenvalue weighted by atomic mass is 16.5. The molecule has 1 atom stereocenters. The fourth-order valence-electron chi connectivity index (χ4n) is 2.47. The van der Waals surface area contributed by atoms with Gasteiger partial charge in [-0.3, -0.25) is 15.0 Å². The van der Waals surface area contributed by atoms with Crippen LogP contribution in [0, 0.1) is 0 Å². The molecule has 0 bridgehead atoms. The smallest absolute Gasteiger partial charge is 0.240 e. The molecule has 0 aliphatic carbocycles. The minimum absolute atomic E-state index is 0.0956. The van der Waals surface area contributed by atoms with E-state index in [1.165, 1.54) is 6.42 Å². The average molecular weight is 309 g/mol. The van der Waals surface area contributed by atoms with Crippen LogP contribution in [0.2, 0.25) is 0 Å². The molecule has 1 aromatic rings. The lowest BCUT2D eigenvalue weighted by molar-refractivity contribution is -0.117. The molecule has 1 aromatic heterocycles. The first-order valence-corrected chi connectivity index (χ1v) is 7.92. The van der Waals surface area contributed by atoms with Crippen LogP contribution in [0.3, 0.4) is 0 Å². The molecule has 2 rings (SSSR count). The van der Waals surface area contributed by atoms with Crippen LogP contribution in [0.1, 0.15) is 45.7 Å². The molecule has 0 saturated carbocycles. The predicted molar refractivity (Wildman–Crippen MR) is 84.9 cm³/mol. The summed E-state index contributed by atoms with van der Waals surface area (Å²) in [7, 11) is 1.93. The summed E-state index contributed by atoms with van der Waals surface area (Å²) in [5.41, 5.74) is 0.730. The van der Waals surface area contributed by atoms with E-state index in [2.05, 4.69) is 31.2 Å². The molecule has 0 spiro atoms. The second-order valence-corrected chi connectivity index (χ2v) is 7.06. The van der Waals surface area contributed by atoms with Gasteiger partial charge in [-0.1, -0.05) is 25.9 Å². The van der Waals surface area contributed by atoms with Crippen molar-refractivity contribution in [3.63, 3.8) is 0 Å². The van der Waals surface area contributed by atoms with Crippen LogP contribution >= 0.6 is 0 Å². The van der Waals surface area contributed by atoms with Crippen molar-refractivity contribution in [3.8, 4) is 0 Å². The van der Waals surface area contributed by atoms with E-state index in [0.717, 1.165) is 31.7 Å². The topological polar surface area (TPSA) is 67.6 Å². The molecule has 1 saturated heterocycles. The van der Waals surface area contributed by atoms with Crippen molar-refractivity contribution in [2.75, 3.05) is 32.1 Å². The van der Waals surface area contributed by atoms with Crippen molar-refractivity contribution in [2.24, 2.45) is 0 Å². The van der Waals surface area contributed by atoms with Gasteiger partial charge in [0.1, 0.15) is 0 Å². The summed E-state index contributed by atoms with van der Waals surface area (Å²) in [6.45, 7) is 8.07. The molecule has 1 amide bonds. The van der Waals surface area contributed by atoms with E-state index >= 15 is 0 Å². The molecule has 1 unspecified atom stereocenters. The lowest BCUT2D eigenvalue weighted by atomic mass is 9.92. The van der Waals surface area contributed by atoms with Crippen molar-refractivity contribution in [1.29, 1.82) is 0 Å². The average Bonchev–Trinajstić information content (AvgIpc) is 2.87. The molecular formula is C16H27N3O3. The Bertz CT molecular complexity index is 487. The van der Waals surface area contributed by atoms with Gasteiger partial charge in [-0.2, -0.15) is 0 Å². The number of anilines is 1. The van der Waals surface area contributed by atoms with Gasteiger partial charge in [0.05, 0.1) is 18.3 Å². The summed E-state index contributed by atoms with van der Waals surface area (Å²) in [5, 5.41) is 6.74. The van der Waals surface area contributed by atoms with Gasteiger partial charge in [0.25, 0.3) is 0 Å². The van der Waals surface area contributed by atoms with Crippen molar-refractivity contribution in [1.82, 2.24) is 10.1 Å². The molecule has 0 aromatic carbocycles. The van der Waals surface area contributed by atoms with Crippen molar-refractivity contribution in [3.05, 3.63) is 11.8 Å². The van der Waals surface area contributed by atoms with Crippen LogP contribution in [0.25, 0.3) is 0 Å². The number of rotatable bonds is 5. The maximum atomic E-state index is 12.0. The Kier molecular flexibility index (Phi) is 5.58. The summed E-state index contributed by atoms with van der Waals surface area (Å²) < 4.78 is 10.9. The van der Waals surface area contributed by atoms with Crippen LogP contribution in [0.15, 0.2) is 10.6 Å². The van der Waals surface area contributed by atoms with Crippen LogP contribution in [0.5, 0.6) is 0 Å². The van der Waals surface area contributed by atoms with Gasteiger partial charge in [0, 0.05) is 24.6 Å². The zero-order valence-electron chi connectivity index (χ0n) is 14.0. The Morgan fingerprint density at radius 2 is 2.23 bits per heavy atom. The molecule has 1 aliphatic rings. The number of aromatic nitrogens is 1. The number of hydrogen-bond donors (Lipinski definition) is 1. The minimum Gasteiger partial charge on any atom is -0.377 e. The Labute approximate surface area is 132 Å². The molecule has 2 heterocycles. The summed E-state index contributed by atoms with van der Waals surface area (Å²) in [6, 6.07) is 1.78. The Balaban J connectivity index is 1.78. The van der Waals surface area contributed by atoms with E-state index in [0.29, 0.717) is 12.4 Å². The number of likely N-dealkylation sites (N-methyl/N-ethyl adjacent to an activating group) is 1. The van der Waals surface area contributed by atoms with Crippen molar-refractivity contribution >= 4 is 11.8 Å². The number of carbonyl (C=O) groups is 1. The van der Waals surface area contributed by atoms with Crippen LogP contribution < -0.4 is 5.32 Å². The quantitative estimate of drug-likeness (QED) is 0.904. The Morgan fingerprint density at radius 1 is 1.45 bits per heavy atom. The zero-order valence-corrected chi connectivity index (χ0v) is 14.0. The Hall–Kier alpha value is -1.40. The molecule has 1 fully saturated rings. The number of amides is 1. The third kappa shape index (κ3) is 5.10. The molecular weight excluding hydrogens is 282 g/mol. The second-order valence-electron chi connectivity index (χ2n) is 7.06. The van der Waals surface area contributed by atoms with Gasteiger partial charge < -0.3 is 9.26 Å². The maximum absolute atomic E-state index is 12.0. The van der Waals surface area contributed by atoms with Gasteiger partial charge in [-0.25, -0.2) is 0 Å². The number of nitrogens with one attached hydrogen (secondary N) is 1. The number of hydrogen-bond acceptors (Lipinski definition) is 5. The number of carbonyl (C=O) groups excluding carboxylic acids is 1. The van der Waals surface area contributed by atoms with E-state index in [1.807, 2.05) is 11.9 Å². The van der Waals surface area contributed by atoms with Gasteiger partial charge in [-0.15, -0.1) is 0 Å². The lowest BCUT2D eigenvalue weighted by Crippen LogP contribution is -2.37. The molecule has 1 aliphatic heterocycles. The van der Waals surface area contributed by atoms with Crippen molar-refractivity contribution in [2.45, 2.75) is 51.6 Å². The summed E-state index contributed by atoms with van der Waals surface area (Å²) >= 11 is 0. The fourth-order valence-corrected chi connectivity index (χ4v) is 2.47. The number of ether oxygens (including phenoxy) is 1. The molecule has 6 heteroatoms. The normalized spacial score (nSPS) is 19.4. The van der Waals surface area contributed by atoms with Gasteiger partial charge >= 0.3 is 0 Å². The van der Waals surface area contributed by atoms with Crippen LogP contribution in [-0.4, -0.2) is 48.8 Å². The standard InChI is InChI=1S/C16H27N3O3/c1-16(2,3)13-9-15(22-18-13)17-14(20)11-19(4)10-12-7-5-6-8-21-12/h9,12H,5-8,10-11H2,1-4H3,(H,17,20). The highest BCUT2D eigenvalue weighted by Gasteiger charge is 2.21. The molecule has 1 N–H and O–H groups in total. The first kappa shape index (κ1) is 17.0. The van der Waals surface area contributed by atoms with E-state index in [-0.39, 0.29) is 17.4 Å². The first-order chi connectivity index (χ1) is 10.3. The highest BCUT2D eigenvalue weighted by Crippen LogP contribution is 2.23. The van der Waals surface area contributed by atoms with Crippen molar-refractivity contribution < 1.29 is 14.1 Å². The Morgan fingerprint density at radius 3 is 2.82 bits per heavy atom. The van der Waals surface area contributed by atoms with Crippen LogP contribution in [0.4, 0.5) is 5.88 Å². The lowest BCUT2D eigenvalue weighted by Gasteiger charge is -2.26. The maximum Gasteiger partial charge on any atom is 0.240 e. The first-order valence-electron chi connectivity index (χ1n) is 7.92. The van der Waals surface area contributed by atoms with Crippen LogP contribution in [-0.2, 0) is 14.9 Å². The van der Waals surface area contributed by atoms with Gasteiger partial charge in [0.2, 0.25) is 11.8 Å². The fraction of sp³-hybridized carbons (Fsp3) is 0.750. The van der Waals surface area contributed by atoms with Gasteiger partial charge in [0.15, 0.2) is 0 Å². The summed E-state index contributed by atoms with van der Waals surface area (Å²) in [4.78, 5) is 14.0. The number of nitrogens with zero attached hydrogens (tertiary/aromatic N) is 2. The molecule has 124 valence electrons. The van der Waals surface area contributed by atoms with E-state index in [4.69, 9.17) is 9.26 Å². The second kappa shape index (κ2) is 7.24. The highest BCUT2D eigenvalue weighted by molar-refractivity contribution is 5.90. The SMILES string of the molecule is CN(CC(=O)Nc1cc(C(C)(C)C)no1)CC1CCCCO1. The van der Waals surface area contributed by atoms with E-state index in [1.54, 1.807) is 6.07 Å². The third-order valence-corrected chi connectivity index (χ3v) is 3.74. The van der Waals surface area contributed by atoms with Gasteiger partial charge in [-0.05, 0) is 26.3 Å². The third-order valence-electron chi connectivity index (χ3n) is 3.74. The van der Waals surface area contributed by atoms with E-state index in [9.17, 15) is 4.79 Å². The molecule has 22 heavy (non-hydrogen) atoms.